The average Bonchev–Trinajstić information content (AvgIpc) is 2.90. The quantitative estimate of drug-likeness (QED) is 0.831. The van der Waals surface area contributed by atoms with E-state index in [2.05, 4.69) is 20.7 Å². The van der Waals surface area contributed by atoms with Gasteiger partial charge in [-0.2, -0.15) is 11.8 Å². The molecule has 1 unspecified atom stereocenters. The number of rotatable bonds is 5. The molecule has 0 spiro atoms. The second-order valence-electron chi connectivity index (χ2n) is 4.26. The lowest BCUT2D eigenvalue weighted by atomic mass is 10.2. The van der Waals surface area contributed by atoms with Crippen LogP contribution in [0, 0.1) is 0 Å². The summed E-state index contributed by atoms with van der Waals surface area (Å²) >= 11 is 5.19. The molecule has 18 heavy (non-hydrogen) atoms. The molecule has 0 bridgehead atoms. The molecule has 3 nitrogen and oxygen atoms in total. The van der Waals surface area contributed by atoms with Gasteiger partial charge in [0.25, 0.3) is 0 Å². The second-order valence-corrected chi connectivity index (χ2v) is 8.00. The number of sulfonamides is 1. The fraction of sp³-hybridized carbons (Fsp3) is 0.500. The summed E-state index contributed by atoms with van der Waals surface area (Å²) in [7, 11) is -3.35. The molecule has 0 aromatic heterocycles. The third kappa shape index (κ3) is 3.73. The van der Waals surface area contributed by atoms with Crippen LogP contribution in [0.5, 0.6) is 0 Å². The van der Waals surface area contributed by atoms with E-state index in [1.807, 2.05) is 23.9 Å². The first-order valence-corrected chi connectivity index (χ1v) is 9.53. The number of hydrogen-bond acceptors (Lipinski definition) is 3. The predicted octanol–water partition coefficient (Wildman–Crippen LogP) is 2.76. The van der Waals surface area contributed by atoms with Gasteiger partial charge in [-0.15, -0.1) is 0 Å². The van der Waals surface area contributed by atoms with Crippen LogP contribution >= 0.6 is 27.7 Å². The Hall–Kier alpha value is -0.0400. The molecule has 0 aliphatic carbocycles. The Morgan fingerprint density at radius 3 is 2.61 bits per heavy atom. The molecule has 1 heterocycles. The van der Waals surface area contributed by atoms with Crippen molar-refractivity contribution < 1.29 is 8.42 Å². The summed E-state index contributed by atoms with van der Waals surface area (Å²) in [5.74, 6) is 1.15. The highest BCUT2D eigenvalue weighted by Gasteiger charge is 2.19. The summed E-state index contributed by atoms with van der Waals surface area (Å²) < 4.78 is 26.8. The molecule has 1 fully saturated rings. The van der Waals surface area contributed by atoms with Gasteiger partial charge >= 0.3 is 0 Å². The molecule has 100 valence electrons. The Morgan fingerprint density at radius 2 is 2.06 bits per heavy atom. The highest BCUT2D eigenvalue weighted by molar-refractivity contribution is 9.08. The lowest BCUT2D eigenvalue weighted by Crippen LogP contribution is -2.29. The molecular formula is C12H16BrNO2S2. The molecule has 2 rings (SSSR count). The highest BCUT2D eigenvalue weighted by Crippen LogP contribution is 2.25. The van der Waals surface area contributed by atoms with Crippen molar-refractivity contribution in [2.45, 2.75) is 28.3 Å². The lowest BCUT2D eigenvalue weighted by Gasteiger charge is -2.11. The largest absolute Gasteiger partial charge is 0.240 e. The number of hydrogen-bond donors (Lipinski definition) is 1. The van der Waals surface area contributed by atoms with Gasteiger partial charge in [-0.3, -0.25) is 0 Å². The highest BCUT2D eigenvalue weighted by atomic mass is 79.9. The van der Waals surface area contributed by atoms with E-state index in [0.717, 1.165) is 23.1 Å². The van der Waals surface area contributed by atoms with E-state index in [1.165, 1.54) is 6.42 Å². The smallest absolute Gasteiger partial charge is 0.210 e. The van der Waals surface area contributed by atoms with Crippen molar-refractivity contribution in [3.8, 4) is 0 Å². The standard InChI is InChI=1S/C12H16BrNO2S2/c13-8-10-3-5-12(6-4-10)18(15,16)14-9-11-2-1-7-17-11/h3-6,11,14H,1-2,7-9H2. The van der Waals surface area contributed by atoms with Gasteiger partial charge in [0.15, 0.2) is 0 Å². The second kappa shape index (κ2) is 6.41. The van der Waals surface area contributed by atoms with Crippen LogP contribution in [0.4, 0.5) is 0 Å². The average molecular weight is 350 g/mol. The third-order valence-electron chi connectivity index (χ3n) is 2.91. The van der Waals surface area contributed by atoms with Crippen LogP contribution in [-0.4, -0.2) is 26.0 Å². The summed E-state index contributed by atoms with van der Waals surface area (Å²) in [6, 6.07) is 6.96. The van der Waals surface area contributed by atoms with E-state index in [0.29, 0.717) is 16.7 Å². The summed E-state index contributed by atoms with van der Waals surface area (Å²) in [6.45, 7) is 0.535. The number of halogens is 1. The molecule has 1 aliphatic heterocycles. The van der Waals surface area contributed by atoms with Crippen molar-refractivity contribution in [3.63, 3.8) is 0 Å². The maximum atomic E-state index is 12.1. The van der Waals surface area contributed by atoms with Crippen LogP contribution < -0.4 is 4.72 Å². The topological polar surface area (TPSA) is 46.2 Å². The fourth-order valence-electron chi connectivity index (χ4n) is 1.85. The van der Waals surface area contributed by atoms with Crippen LogP contribution in [0.25, 0.3) is 0 Å². The zero-order chi connectivity index (χ0) is 13.0. The molecule has 1 aliphatic rings. The Balaban J connectivity index is 2.00. The van der Waals surface area contributed by atoms with Crippen LogP contribution in [0.2, 0.25) is 0 Å². The molecule has 1 saturated heterocycles. The van der Waals surface area contributed by atoms with Crippen molar-refractivity contribution in [1.29, 1.82) is 0 Å². The van der Waals surface area contributed by atoms with Crippen LogP contribution in [0.3, 0.4) is 0 Å². The van der Waals surface area contributed by atoms with E-state index >= 15 is 0 Å². The first-order valence-electron chi connectivity index (χ1n) is 5.88. The van der Waals surface area contributed by atoms with Gasteiger partial charge in [0.05, 0.1) is 4.90 Å². The van der Waals surface area contributed by atoms with Gasteiger partial charge in [0.1, 0.15) is 0 Å². The van der Waals surface area contributed by atoms with E-state index in [-0.39, 0.29) is 0 Å². The van der Waals surface area contributed by atoms with E-state index in [9.17, 15) is 8.42 Å². The van der Waals surface area contributed by atoms with E-state index in [1.54, 1.807) is 12.1 Å². The van der Waals surface area contributed by atoms with Gasteiger partial charge in [-0.25, -0.2) is 13.1 Å². The van der Waals surface area contributed by atoms with Crippen LogP contribution in [0.1, 0.15) is 18.4 Å². The minimum absolute atomic E-state index is 0.343. The van der Waals surface area contributed by atoms with Gasteiger partial charge in [0, 0.05) is 17.1 Å². The number of benzene rings is 1. The van der Waals surface area contributed by atoms with Crippen molar-refractivity contribution >= 4 is 37.7 Å². The normalized spacial score (nSPS) is 20.2. The molecule has 0 radical (unpaired) electrons. The Labute approximate surface area is 121 Å². The summed E-state index contributed by atoms with van der Waals surface area (Å²) in [4.78, 5) is 0.343. The molecule has 0 saturated carbocycles. The van der Waals surface area contributed by atoms with E-state index in [4.69, 9.17) is 0 Å². The molecule has 1 N–H and O–H groups in total. The van der Waals surface area contributed by atoms with Gasteiger partial charge < -0.3 is 0 Å². The third-order valence-corrected chi connectivity index (χ3v) is 6.40. The van der Waals surface area contributed by atoms with Crippen molar-refractivity contribution in [1.82, 2.24) is 4.72 Å². The first-order chi connectivity index (χ1) is 8.62. The van der Waals surface area contributed by atoms with Crippen molar-refractivity contribution in [3.05, 3.63) is 29.8 Å². The Bertz CT molecular complexity index is 481. The zero-order valence-electron chi connectivity index (χ0n) is 9.93. The molecular weight excluding hydrogens is 334 g/mol. The van der Waals surface area contributed by atoms with Crippen LogP contribution in [0.15, 0.2) is 29.2 Å². The van der Waals surface area contributed by atoms with Gasteiger partial charge in [-0.1, -0.05) is 28.1 Å². The van der Waals surface area contributed by atoms with E-state index < -0.39 is 10.0 Å². The van der Waals surface area contributed by atoms with Crippen molar-refractivity contribution in [2.75, 3.05) is 12.3 Å². The molecule has 1 atom stereocenters. The van der Waals surface area contributed by atoms with Crippen LogP contribution in [-0.2, 0) is 15.4 Å². The summed E-state index contributed by atoms with van der Waals surface area (Å²) in [5, 5.41) is 1.17. The monoisotopic (exact) mass is 349 g/mol. The molecule has 1 aromatic carbocycles. The number of alkyl halides is 1. The zero-order valence-corrected chi connectivity index (χ0v) is 13.2. The molecule has 1 aromatic rings. The summed E-state index contributed by atoms with van der Waals surface area (Å²) in [5.41, 5.74) is 1.07. The number of thioether (sulfide) groups is 1. The minimum atomic E-state index is -3.35. The van der Waals surface area contributed by atoms with Gasteiger partial charge in [-0.05, 0) is 36.3 Å². The minimum Gasteiger partial charge on any atom is -0.210 e. The number of nitrogens with one attached hydrogen (secondary N) is 1. The SMILES string of the molecule is O=S(=O)(NCC1CCCS1)c1ccc(CBr)cc1. The molecule has 6 heteroatoms. The van der Waals surface area contributed by atoms with Crippen molar-refractivity contribution in [2.24, 2.45) is 0 Å². The van der Waals surface area contributed by atoms with Gasteiger partial charge in [0.2, 0.25) is 10.0 Å². The maximum absolute atomic E-state index is 12.1. The summed E-state index contributed by atoms with van der Waals surface area (Å²) in [6.07, 6.45) is 2.30. The predicted molar refractivity (Wildman–Crippen MR) is 79.7 cm³/mol. The maximum Gasteiger partial charge on any atom is 0.240 e. The fourth-order valence-corrected chi connectivity index (χ4v) is 4.61. The molecule has 0 amide bonds. The lowest BCUT2D eigenvalue weighted by molar-refractivity contribution is 0.579. The Kier molecular flexibility index (Phi) is 5.12. The Morgan fingerprint density at radius 1 is 1.33 bits per heavy atom. The first kappa shape index (κ1) is 14.4.